The molecule has 1 unspecified atom stereocenters. The second-order valence-electron chi connectivity index (χ2n) is 2.28. The van der Waals surface area contributed by atoms with Crippen LogP contribution in [0.1, 0.15) is 17.3 Å². The van der Waals surface area contributed by atoms with E-state index in [1.165, 1.54) is 0 Å². The van der Waals surface area contributed by atoms with E-state index in [4.69, 9.17) is 11.6 Å². The third-order valence-corrected chi connectivity index (χ3v) is 2.11. The maximum atomic E-state index is 13.1. The van der Waals surface area contributed by atoms with Gasteiger partial charge < -0.3 is 5.11 Å². The van der Waals surface area contributed by atoms with E-state index in [2.05, 4.69) is 20.9 Å². The predicted molar refractivity (Wildman–Crippen MR) is 48.2 cm³/mol. The number of nitrogens with zero attached hydrogens (tertiary/aromatic N) is 1. The molecule has 5 heteroatoms. The third kappa shape index (κ3) is 1.69. The zero-order valence-electron chi connectivity index (χ0n) is 6.18. The summed E-state index contributed by atoms with van der Waals surface area (Å²) in [4.78, 5) is 3.15. The van der Waals surface area contributed by atoms with Gasteiger partial charge in [-0.25, -0.2) is 9.37 Å². The lowest BCUT2D eigenvalue weighted by molar-refractivity contribution is 0.455. The van der Waals surface area contributed by atoms with Gasteiger partial charge in [-0.15, -0.1) is 0 Å². The molecule has 0 radical (unpaired) electrons. The third-order valence-electron chi connectivity index (χ3n) is 1.39. The van der Waals surface area contributed by atoms with Gasteiger partial charge in [0.2, 0.25) is 0 Å². The van der Waals surface area contributed by atoms with Gasteiger partial charge in [-0.05, 0) is 6.92 Å². The van der Waals surface area contributed by atoms with E-state index in [0.717, 1.165) is 6.20 Å². The minimum atomic E-state index is -0.680. The van der Waals surface area contributed by atoms with Crippen LogP contribution in [0.5, 0.6) is 5.75 Å². The molecule has 0 saturated heterocycles. The average Bonchev–Trinajstić information content (AvgIpc) is 1.97. The summed E-state index contributed by atoms with van der Waals surface area (Å²) in [5.41, 5.74) is 0.134. The lowest BCUT2D eigenvalue weighted by atomic mass is 10.2. The average molecular weight is 254 g/mol. The summed E-state index contributed by atoms with van der Waals surface area (Å²) >= 11 is 8.54. The molecule has 12 heavy (non-hydrogen) atoms. The molecule has 1 aromatic rings. The van der Waals surface area contributed by atoms with Crippen molar-refractivity contribution in [2.24, 2.45) is 0 Å². The van der Waals surface area contributed by atoms with Crippen molar-refractivity contribution < 1.29 is 9.50 Å². The smallest absolute Gasteiger partial charge is 0.168 e. The zero-order valence-corrected chi connectivity index (χ0v) is 8.52. The quantitative estimate of drug-likeness (QED) is 0.617. The Morgan fingerprint density at radius 2 is 2.33 bits per heavy atom. The summed E-state index contributed by atoms with van der Waals surface area (Å²) in [6.45, 7) is 1.69. The molecule has 0 amide bonds. The van der Waals surface area contributed by atoms with Crippen molar-refractivity contribution in [3.05, 3.63) is 22.7 Å². The van der Waals surface area contributed by atoms with E-state index in [9.17, 15) is 9.50 Å². The van der Waals surface area contributed by atoms with Crippen molar-refractivity contribution in [1.82, 2.24) is 4.98 Å². The largest absolute Gasteiger partial charge is 0.506 e. The van der Waals surface area contributed by atoms with Crippen LogP contribution < -0.4 is 0 Å². The zero-order chi connectivity index (χ0) is 9.30. The van der Waals surface area contributed by atoms with Crippen LogP contribution >= 0.6 is 27.5 Å². The second-order valence-corrected chi connectivity index (χ2v) is 4.01. The summed E-state index contributed by atoms with van der Waals surface area (Å²) in [6, 6.07) is 0. The molecule has 1 atom stereocenters. The van der Waals surface area contributed by atoms with Gasteiger partial charge in [0.1, 0.15) is 5.75 Å². The Balaban J connectivity index is 3.33. The molecule has 1 N–H and O–H groups in total. The Hall–Kier alpha value is -0.350. The Kier molecular flexibility index (Phi) is 2.90. The SMILES string of the molecule is CC(Br)c1c(O)cnc(Cl)c1F. The lowest BCUT2D eigenvalue weighted by Gasteiger charge is -2.07. The fraction of sp³-hybridized carbons (Fsp3) is 0.286. The highest BCUT2D eigenvalue weighted by Gasteiger charge is 2.16. The minimum Gasteiger partial charge on any atom is -0.506 e. The summed E-state index contributed by atoms with van der Waals surface area (Å²) in [7, 11) is 0. The Morgan fingerprint density at radius 1 is 1.75 bits per heavy atom. The van der Waals surface area contributed by atoms with Crippen LogP contribution in [0.3, 0.4) is 0 Å². The van der Waals surface area contributed by atoms with Gasteiger partial charge in [-0.3, -0.25) is 0 Å². The number of aromatic nitrogens is 1. The summed E-state index contributed by atoms with van der Waals surface area (Å²) in [5.74, 6) is -0.873. The summed E-state index contributed by atoms with van der Waals surface area (Å²) in [5, 5.41) is 8.97. The number of halogens is 3. The first-order chi connectivity index (χ1) is 5.54. The van der Waals surface area contributed by atoms with Gasteiger partial charge in [0.05, 0.1) is 6.20 Å². The lowest BCUT2D eigenvalue weighted by Crippen LogP contribution is -1.94. The number of alkyl halides is 1. The molecule has 0 aromatic carbocycles. The molecular formula is C7H6BrClFNO. The fourth-order valence-corrected chi connectivity index (χ4v) is 1.43. The predicted octanol–water partition coefficient (Wildman–Crippen LogP) is 3.04. The van der Waals surface area contributed by atoms with Crippen LogP contribution in [0.25, 0.3) is 0 Å². The highest BCUT2D eigenvalue weighted by molar-refractivity contribution is 9.09. The van der Waals surface area contributed by atoms with Crippen molar-refractivity contribution in [3.8, 4) is 5.75 Å². The highest BCUT2D eigenvalue weighted by atomic mass is 79.9. The van der Waals surface area contributed by atoms with Crippen LogP contribution in [-0.4, -0.2) is 10.1 Å². The number of pyridine rings is 1. The molecule has 0 aliphatic heterocycles. The number of hydrogen-bond donors (Lipinski definition) is 1. The van der Waals surface area contributed by atoms with E-state index >= 15 is 0 Å². The van der Waals surface area contributed by atoms with Crippen LogP contribution in [0.4, 0.5) is 4.39 Å². The van der Waals surface area contributed by atoms with Gasteiger partial charge in [-0.2, -0.15) is 0 Å². The van der Waals surface area contributed by atoms with E-state index in [1.807, 2.05) is 0 Å². The van der Waals surface area contributed by atoms with Crippen LogP contribution in [0, 0.1) is 5.82 Å². The van der Waals surface area contributed by atoms with Gasteiger partial charge in [0, 0.05) is 10.4 Å². The van der Waals surface area contributed by atoms with Crippen molar-refractivity contribution >= 4 is 27.5 Å². The normalized spacial score (nSPS) is 13.0. The standard InChI is InChI=1S/C7H6BrClFNO/c1-3(8)5-4(12)2-11-7(9)6(5)10/h2-3,12H,1H3. The van der Waals surface area contributed by atoms with Gasteiger partial charge >= 0.3 is 0 Å². The first kappa shape index (κ1) is 9.74. The first-order valence-corrected chi connectivity index (χ1v) is 4.50. The monoisotopic (exact) mass is 253 g/mol. The molecule has 66 valence electrons. The van der Waals surface area contributed by atoms with Crippen molar-refractivity contribution in [2.75, 3.05) is 0 Å². The molecule has 1 heterocycles. The highest BCUT2D eigenvalue weighted by Crippen LogP contribution is 2.33. The molecule has 0 spiro atoms. The van der Waals surface area contributed by atoms with Crippen LogP contribution in [0.15, 0.2) is 6.20 Å². The van der Waals surface area contributed by atoms with Gasteiger partial charge in [0.25, 0.3) is 0 Å². The molecule has 0 bridgehead atoms. The van der Waals surface area contributed by atoms with Gasteiger partial charge in [0.15, 0.2) is 11.0 Å². The molecule has 0 saturated carbocycles. The van der Waals surface area contributed by atoms with E-state index < -0.39 is 5.82 Å². The maximum Gasteiger partial charge on any atom is 0.168 e. The Bertz CT molecular complexity index is 306. The fourth-order valence-electron chi connectivity index (χ4n) is 0.846. The Morgan fingerprint density at radius 3 is 2.75 bits per heavy atom. The molecule has 1 rings (SSSR count). The molecular weight excluding hydrogens is 248 g/mol. The van der Waals surface area contributed by atoms with E-state index in [1.54, 1.807) is 6.92 Å². The van der Waals surface area contributed by atoms with Crippen LogP contribution in [-0.2, 0) is 0 Å². The molecule has 0 aliphatic carbocycles. The number of aromatic hydroxyl groups is 1. The minimum absolute atomic E-state index is 0.134. The number of rotatable bonds is 1. The molecule has 2 nitrogen and oxygen atoms in total. The second kappa shape index (κ2) is 3.58. The van der Waals surface area contributed by atoms with Gasteiger partial charge in [-0.1, -0.05) is 27.5 Å². The number of hydrogen-bond acceptors (Lipinski definition) is 2. The van der Waals surface area contributed by atoms with Crippen molar-refractivity contribution in [1.29, 1.82) is 0 Å². The summed E-state index contributed by atoms with van der Waals surface area (Å²) < 4.78 is 13.1. The van der Waals surface area contributed by atoms with Crippen molar-refractivity contribution in [3.63, 3.8) is 0 Å². The van der Waals surface area contributed by atoms with E-state index in [-0.39, 0.29) is 21.3 Å². The first-order valence-electron chi connectivity index (χ1n) is 3.21. The molecule has 1 aromatic heterocycles. The van der Waals surface area contributed by atoms with Crippen molar-refractivity contribution in [2.45, 2.75) is 11.8 Å². The maximum absolute atomic E-state index is 13.1. The molecule has 0 fully saturated rings. The topological polar surface area (TPSA) is 33.1 Å². The van der Waals surface area contributed by atoms with E-state index in [0.29, 0.717) is 0 Å². The van der Waals surface area contributed by atoms with Crippen LogP contribution in [0.2, 0.25) is 5.15 Å². The molecule has 0 aliphatic rings. The Labute approximate surface area is 82.5 Å². The summed E-state index contributed by atoms with van der Waals surface area (Å²) in [6.07, 6.45) is 1.12.